The van der Waals surface area contributed by atoms with Crippen molar-refractivity contribution in [2.75, 3.05) is 13.1 Å². The SMILES string of the molecule is CCCN(CCC)S(=O)(=O)c1ccc2oc3ccc(C(O)CC(=O)NC(O)CC(N)=O)cc3c(=O)c2c1. The second-order valence-corrected chi connectivity index (χ2v) is 10.7. The van der Waals surface area contributed by atoms with Crippen LogP contribution in [0.1, 0.15) is 51.2 Å². The molecule has 0 aliphatic heterocycles. The molecule has 0 fully saturated rings. The molecule has 0 saturated carbocycles. The molecule has 2 aromatic carbocycles. The van der Waals surface area contributed by atoms with Crippen LogP contribution in [0, 0.1) is 0 Å². The molecule has 12 heteroatoms. The van der Waals surface area contributed by atoms with Gasteiger partial charge < -0.3 is 25.7 Å². The largest absolute Gasteiger partial charge is 0.456 e. The molecule has 3 rings (SSSR count). The third-order valence-electron chi connectivity index (χ3n) is 5.73. The van der Waals surface area contributed by atoms with Gasteiger partial charge in [0.25, 0.3) is 0 Å². The van der Waals surface area contributed by atoms with E-state index in [1.807, 2.05) is 13.8 Å². The molecule has 3 aromatic rings. The van der Waals surface area contributed by atoms with Gasteiger partial charge in [-0.25, -0.2) is 8.42 Å². The molecule has 37 heavy (non-hydrogen) atoms. The highest BCUT2D eigenvalue weighted by molar-refractivity contribution is 7.89. The van der Waals surface area contributed by atoms with Gasteiger partial charge in [0.05, 0.1) is 34.6 Å². The van der Waals surface area contributed by atoms with Gasteiger partial charge in [0.15, 0.2) is 0 Å². The number of carbonyl (C=O) groups excluding carboxylic acids is 2. The van der Waals surface area contributed by atoms with Crippen LogP contribution in [0.25, 0.3) is 21.9 Å². The lowest BCUT2D eigenvalue weighted by Gasteiger charge is -2.21. The number of nitrogens with zero attached hydrogens (tertiary/aromatic N) is 1. The van der Waals surface area contributed by atoms with Gasteiger partial charge in [-0.05, 0) is 48.7 Å². The number of fused-ring (bicyclic) bond motifs is 2. The lowest BCUT2D eigenvalue weighted by Crippen LogP contribution is -2.38. The van der Waals surface area contributed by atoms with Crippen molar-refractivity contribution in [1.29, 1.82) is 0 Å². The summed E-state index contributed by atoms with van der Waals surface area (Å²) in [5, 5.41) is 22.4. The summed E-state index contributed by atoms with van der Waals surface area (Å²) in [4.78, 5) is 36.2. The predicted molar refractivity (Wildman–Crippen MR) is 137 cm³/mol. The van der Waals surface area contributed by atoms with E-state index in [9.17, 15) is 33.0 Å². The summed E-state index contributed by atoms with van der Waals surface area (Å²) in [6.07, 6.45) is -2.45. The number of carbonyl (C=O) groups is 2. The van der Waals surface area contributed by atoms with Crippen molar-refractivity contribution in [1.82, 2.24) is 9.62 Å². The molecule has 1 aromatic heterocycles. The fraction of sp³-hybridized carbons (Fsp3) is 0.400. The zero-order chi connectivity index (χ0) is 27.3. The van der Waals surface area contributed by atoms with Crippen molar-refractivity contribution >= 4 is 43.8 Å². The molecule has 5 N–H and O–H groups in total. The lowest BCUT2D eigenvalue weighted by molar-refractivity contribution is -0.127. The minimum absolute atomic E-state index is 0.0177. The number of nitrogens with one attached hydrogen (secondary N) is 1. The molecular weight excluding hydrogens is 502 g/mol. The standard InChI is InChI=1S/C25H31N3O8S/c1-3-9-28(10-4-2)37(34,35)16-6-8-21-18(12-16)25(33)17-11-15(5-7-20(17)36-21)19(29)13-23(31)27-24(32)14-22(26)30/h5-8,11-12,19,24,29,32H,3-4,9-10,13-14H2,1-2H3,(H2,26,30)(H,27,31). The Hall–Kier alpha value is -3.32. The quantitative estimate of drug-likeness (QED) is 0.200. The number of benzene rings is 2. The molecule has 0 spiro atoms. The van der Waals surface area contributed by atoms with Gasteiger partial charge in [0.1, 0.15) is 17.4 Å². The van der Waals surface area contributed by atoms with Gasteiger partial charge in [-0.2, -0.15) is 4.31 Å². The molecule has 11 nitrogen and oxygen atoms in total. The molecule has 2 unspecified atom stereocenters. The Kier molecular flexibility index (Phi) is 9.02. The van der Waals surface area contributed by atoms with Crippen molar-refractivity contribution in [3.05, 3.63) is 52.2 Å². The Morgan fingerprint density at radius 3 is 2.19 bits per heavy atom. The molecule has 0 bridgehead atoms. The molecule has 2 atom stereocenters. The number of rotatable bonds is 12. The normalized spacial score (nSPS) is 13.6. The number of aliphatic hydroxyl groups excluding tert-OH is 2. The Balaban J connectivity index is 1.95. The van der Waals surface area contributed by atoms with E-state index in [0.29, 0.717) is 25.9 Å². The summed E-state index contributed by atoms with van der Waals surface area (Å²) in [6.45, 7) is 4.49. The Morgan fingerprint density at radius 1 is 1.00 bits per heavy atom. The monoisotopic (exact) mass is 533 g/mol. The fourth-order valence-corrected chi connectivity index (χ4v) is 5.65. The number of aliphatic hydroxyl groups is 2. The van der Waals surface area contributed by atoms with Crippen LogP contribution in [-0.4, -0.2) is 54.1 Å². The summed E-state index contributed by atoms with van der Waals surface area (Å²) in [7, 11) is -3.82. The van der Waals surface area contributed by atoms with Gasteiger partial charge in [-0.3, -0.25) is 14.4 Å². The zero-order valence-corrected chi connectivity index (χ0v) is 21.5. The first-order valence-electron chi connectivity index (χ1n) is 11.9. The van der Waals surface area contributed by atoms with Crippen LogP contribution in [0.3, 0.4) is 0 Å². The van der Waals surface area contributed by atoms with Gasteiger partial charge in [-0.15, -0.1) is 0 Å². The Bertz CT molecular complexity index is 1460. The van der Waals surface area contributed by atoms with E-state index in [-0.39, 0.29) is 32.4 Å². The highest BCUT2D eigenvalue weighted by atomic mass is 32.2. The lowest BCUT2D eigenvalue weighted by atomic mass is 10.0. The summed E-state index contributed by atoms with van der Waals surface area (Å²) < 4.78 is 33.6. The molecule has 200 valence electrons. The average Bonchev–Trinajstić information content (AvgIpc) is 2.83. The third kappa shape index (κ3) is 6.52. The first-order valence-corrected chi connectivity index (χ1v) is 13.4. The molecule has 0 aliphatic carbocycles. The van der Waals surface area contributed by atoms with E-state index in [4.69, 9.17) is 10.2 Å². The van der Waals surface area contributed by atoms with Gasteiger partial charge >= 0.3 is 0 Å². The number of nitrogens with two attached hydrogens (primary N) is 1. The smallest absolute Gasteiger partial charge is 0.243 e. The first kappa shape index (κ1) is 28.3. The van der Waals surface area contributed by atoms with Crippen molar-refractivity contribution < 1.29 is 32.6 Å². The van der Waals surface area contributed by atoms with Gasteiger partial charge in [0, 0.05) is 13.1 Å². The van der Waals surface area contributed by atoms with Crippen LogP contribution < -0.4 is 16.5 Å². The summed E-state index contributed by atoms with van der Waals surface area (Å²) in [5.41, 5.74) is 5.16. The van der Waals surface area contributed by atoms with E-state index >= 15 is 0 Å². The minimum Gasteiger partial charge on any atom is -0.456 e. The Labute approximate surface area is 213 Å². The van der Waals surface area contributed by atoms with Crippen molar-refractivity contribution in [3.8, 4) is 0 Å². The molecule has 0 radical (unpaired) electrons. The first-order chi connectivity index (χ1) is 17.5. The van der Waals surface area contributed by atoms with E-state index in [1.54, 1.807) is 0 Å². The van der Waals surface area contributed by atoms with Crippen molar-refractivity contribution in [2.45, 2.75) is 56.8 Å². The van der Waals surface area contributed by atoms with Crippen molar-refractivity contribution in [2.24, 2.45) is 5.73 Å². The highest BCUT2D eigenvalue weighted by Gasteiger charge is 2.24. The van der Waals surface area contributed by atoms with Gasteiger partial charge in [0.2, 0.25) is 27.3 Å². The maximum absolute atomic E-state index is 13.3. The van der Waals surface area contributed by atoms with Crippen LogP contribution in [0.5, 0.6) is 0 Å². The fourth-order valence-electron chi connectivity index (χ4n) is 4.00. The molecule has 1 heterocycles. The number of hydrogen-bond donors (Lipinski definition) is 4. The minimum atomic E-state index is -3.82. The molecular formula is C25H31N3O8S. The molecule has 2 amide bonds. The van der Waals surface area contributed by atoms with E-state index in [2.05, 4.69) is 5.32 Å². The Morgan fingerprint density at radius 2 is 1.59 bits per heavy atom. The predicted octanol–water partition coefficient (Wildman–Crippen LogP) is 1.49. The van der Waals surface area contributed by atoms with E-state index in [0.717, 1.165) is 0 Å². The maximum atomic E-state index is 13.3. The number of primary amides is 1. The number of hydrogen-bond acceptors (Lipinski definition) is 8. The second kappa shape index (κ2) is 11.8. The maximum Gasteiger partial charge on any atom is 0.243 e. The third-order valence-corrected chi connectivity index (χ3v) is 7.63. The summed E-state index contributed by atoms with van der Waals surface area (Å²) in [6, 6.07) is 8.49. The zero-order valence-electron chi connectivity index (χ0n) is 20.6. The number of amides is 2. The van der Waals surface area contributed by atoms with Crippen LogP contribution in [0.4, 0.5) is 0 Å². The van der Waals surface area contributed by atoms with Crippen LogP contribution in [-0.2, 0) is 19.6 Å². The topological polar surface area (TPSA) is 180 Å². The van der Waals surface area contributed by atoms with E-state index < -0.39 is 52.4 Å². The van der Waals surface area contributed by atoms with Crippen LogP contribution in [0.15, 0.2) is 50.5 Å². The molecule has 0 aliphatic rings. The summed E-state index contributed by atoms with van der Waals surface area (Å²) >= 11 is 0. The van der Waals surface area contributed by atoms with Crippen LogP contribution >= 0.6 is 0 Å². The van der Waals surface area contributed by atoms with Crippen molar-refractivity contribution in [3.63, 3.8) is 0 Å². The molecule has 0 saturated heterocycles. The number of sulfonamides is 1. The average molecular weight is 534 g/mol. The van der Waals surface area contributed by atoms with E-state index in [1.165, 1.54) is 40.7 Å². The summed E-state index contributed by atoms with van der Waals surface area (Å²) in [5.74, 6) is -1.54. The van der Waals surface area contributed by atoms with Gasteiger partial charge in [-0.1, -0.05) is 19.9 Å². The highest BCUT2D eigenvalue weighted by Crippen LogP contribution is 2.26. The van der Waals surface area contributed by atoms with Crippen LogP contribution in [0.2, 0.25) is 0 Å². The second-order valence-electron chi connectivity index (χ2n) is 8.72.